The number of anilines is 1. The van der Waals surface area contributed by atoms with Crippen molar-refractivity contribution >= 4 is 55.9 Å². The number of halogens is 3. The second-order valence-electron chi connectivity index (χ2n) is 4.43. The summed E-state index contributed by atoms with van der Waals surface area (Å²) in [6.07, 6.45) is 1.75. The van der Waals surface area contributed by atoms with Crippen LogP contribution in [0.25, 0.3) is 11.0 Å². The first-order valence-electron chi connectivity index (χ1n) is 6.23. The van der Waals surface area contributed by atoms with E-state index >= 15 is 0 Å². The van der Waals surface area contributed by atoms with Gasteiger partial charge in [-0.1, -0.05) is 35.3 Å². The Balaban J connectivity index is 1.82. The van der Waals surface area contributed by atoms with Crippen molar-refractivity contribution in [1.82, 2.24) is 9.97 Å². The van der Waals surface area contributed by atoms with Crippen molar-refractivity contribution in [3.8, 4) is 0 Å². The first-order valence-corrected chi connectivity index (χ1v) is 7.78. The Hall–Kier alpha value is -1.36. The van der Waals surface area contributed by atoms with Gasteiger partial charge in [-0.3, -0.25) is 4.98 Å². The third-order valence-electron chi connectivity index (χ3n) is 2.99. The summed E-state index contributed by atoms with van der Waals surface area (Å²) >= 11 is 15.6. The summed E-state index contributed by atoms with van der Waals surface area (Å²) < 4.78 is 0.769. The Morgan fingerprint density at radius 1 is 1.00 bits per heavy atom. The summed E-state index contributed by atoms with van der Waals surface area (Å²) in [7, 11) is 0. The monoisotopic (exact) mass is 381 g/mol. The van der Waals surface area contributed by atoms with Gasteiger partial charge in [0.15, 0.2) is 0 Å². The normalized spacial score (nSPS) is 10.8. The largest absolute Gasteiger partial charge is 0.378 e. The number of para-hydroxylation sites is 2. The molecule has 3 aromatic rings. The topological polar surface area (TPSA) is 37.8 Å². The van der Waals surface area contributed by atoms with E-state index in [0.717, 1.165) is 26.9 Å². The predicted octanol–water partition coefficient (Wildman–Crippen LogP) is 5.31. The first kappa shape index (κ1) is 14.6. The molecule has 0 saturated heterocycles. The Morgan fingerprint density at radius 2 is 1.76 bits per heavy atom. The number of benzene rings is 2. The Bertz CT molecular complexity index is 808. The molecule has 3 rings (SSSR count). The van der Waals surface area contributed by atoms with Crippen LogP contribution in [0, 0.1) is 0 Å². The van der Waals surface area contributed by atoms with Crippen LogP contribution in [-0.2, 0) is 6.54 Å². The number of nitrogens with zero attached hydrogens (tertiary/aromatic N) is 2. The summed E-state index contributed by atoms with van der Waals surface area (Å²) in [5.41, 5.74) is 3.35. The number of hydrogen-bond donors (Lipinski definition) is 1. The van der Waals surface area contributed by atoms with E-state index in [9.17, 15) is 0 Å². The summed E-state index contributed by atoms with van der Waals surface area (Å²) in [4.78, 5) is 8.93. The van der Waals surface area contributed by atoms with Gasteiger partial charge in [-0.05, 0) is 40.2 Å². The summed E-state index contributed by atoms with van der Waals surface area (Å²) in [6, 6.07) is 11.5. The van der Waals surface area contributed by atoms with Crippen LogP contribution in [0.1, 0.15) is 5.69 Å². The predicted molar refractivity (Wildman–Crippen MR) is 91.0 cm³/mol. The van der Waals surface area contributed by atoms with E-state index in [-0.39, 0.29) is 0 Å². The molecule has 0 aliphatic rings. The van der Waals surface area contributed by atoms with Crippen LogP contribution >= 0.6 is 39.1 Å². The lowest BCUT2D eigenvalue weighted by Gasteiger charge is -2.10. The molecule has 1 N–H and O–H groups in total. The maximum Gasteiger partial charge on any atom is 0.0890 e. The lowest BCUT2D eigenvalue weighted by atomic mass is 10.3. The third kappa shape index (κ3) is 3.12. The van der Waals surface area contributed by atoms with Crippen molar-refractivity contribution in [2.75, 3.05) is 5.32 Å². The molecule has 106 valence electrons. The zero-order valence-electron chi connectivity index (χ0n) is 10.8. The average molecular weight is 383 g/mol. The van der Waals surface area contributed by atoms with Crippen molar-refractivity contribution in [3.05, 3.63) is 62.8 Å². The van der Waals surface area contributed by atoms with E-state index in [1.807, 2.05) is 36.4 Å². The van der Waals surface area contributed by atoms with Gasteiger partial charge in [0, 0.05) is 4.47 Å². The minimum absolute atomic E-state index is 0.486. The molecule has 1 aromatic heterocycles. The second kappa shape index (κ2) is 6.18. The lowest BCUT2D eigenvalue weighted by molar-refractivity contribution is 1.04. The molecule has 0 aliphatic heterocycles. The summed E-state index contributed by atoms with van der Waals surface area (Å²) in [5, 5.41) is 4.20. The zero-order valence-corrected chi connectivity index (χ0v) is 13.9. The van der Waals surface area contributed by atoms with Crippen molar-refractivity contribution in [1.29, 1.82) is 0 Å². The molecule has 3 nitrogen and oxygen atoms in total. The molecule has 0 atom stereocenters. The molecule has 6 heteroatoms. The lowest BCUT2D eigenvalue weighted by Crippen LogP contribution is -2.03. The maximum atomic E-state index is 6.20. The highest BCUT2D eigenvalue weighted by Gasteiger charge is 2.08. The van der Waals surface area contributed by atoms with E-state index < -0.39 is 0 Å². The quantitative estimate of drug-likeness (QED) is 0.623. The molecule has 0 unspecified atom stereocenters. The van der Waals surface area contributed by atoms with Crippen molar-refractivity contribution in [2.45, 2.75) is 6.54 Å². The number of hydrogen-bond acceptors (Lipinski definition) is 3. The molecular formula is C15H10BrCl2N3. The fraction of sp³-hybridized carbons (Fsp3) is 0.0667. The van der Waals surface area contributed by atoms with Gasteiger partial charge >= 0.3 is 0 Å². The Labute approximate surface area is 140 Å². The minimum atomic E-state index is 0.486. The zero-order chi connectivity index (χ0) is 14.8. The molecule has 1 heterocycles. The van der Waals surface area contributed by atoms with E-state index in [0.29, 0.717) is 16.6 Å². The third-order valence-corrected chi connectivity index (χ3v) is 4.76. The van der Waals surface area contributed by atoms with Crippen LogP contribution in [0.4, 0.5) is 5.69 Å². The summed E-state index contributed by atoms with van der Waals surface area (Å²) in [5.74, 6) is 0. The minimum Gasteiger partial charge on any atom is -0.378 e. The van der Waals surface area contributed by atoms with Crippen molar-refractivity contribution < 1.29 is 0 Å². The number of nitrogens with one attached hydrogen (secondary N) is 1. The Kier molecular flexibility index (Phi) is 4.29. The smallest absolute Gasteiger partial charge is 0.0890 e. The SMILES string of the molecule is Clc1c(Br)ccc(NCc2cnc3ccccc3n2)c1Cl. The van der Waals surface area contributed by atoms with Crippen molar-refractivity contribution in [2.24, 2.45) is 0 Å². The van der Waals surface area contributed by atoms with Gasteiger partial charge in [-0.2, -0.15) is 0 Å². The molecular weight excluding hydrogens is 373 g/mol. The van der Waals surface area contributed by atoms with Gasteiger partial charge in [-0.25, -0.2) is 4.98 Å². The highest BCUT2D eigenvalue weighted by molar-refractivity contribution is 9.10. The number of aromatic nitrogens is 2. The van der Waals surface area contributed by atoms with Crippen LogP contribution in [0.3, 0.4) is 0 Å². The number of rotatable bonds is 3. The first-order chi connectivity index (χ1) is 10.1. The van der Waals surface area contributed by atoms with Gasteiger partial charge in [0.2, 0.25) is 0 Å². The maximum absolute atomic E-state index is 6.20. The van der Waals surface area contributed by atoms with Crippen LogP contribution < -0.4 is 5.32 Å². The molecule has 0 saturated carbocycles. The van der Waals surface area contributed by atoms with E-state index in [1.54, 1.807) is 6.20 Å². The van der Waals surface area contributed by atoms with E-state index in [2.05, 4.69) is 31.2 Å². The van der Waals surface area contributed by atoms with Crippen LogP contribution in [-0.4, -0.2) is 9.97 Å². The standard InChI is InChI=1S/C15H10BrCl2N3/c16-10-5-6-13(15(18)14(10)17)20-8-9-7-19-11-3-1-2-4-12(11)21-9/h1-7,20H,8H2. The van der Waals surface area contributed by atoms with Crippen molar-refractivity contribution in [3.63, 3.8) is 0 Å². The number of fused-ring (bicyclic) bond motifs is 1. The van der Waals surface area contributed by atoms with Gasteiger partial charge in [-0.15, -0.1) is 0 Å². The van der Waals surface area contributed by atoms with Crippen LogP contribution in [0.5, 0.6) is 0 Å². The molecule has 0 radical (unpaired) electrons. The van der Waals surface area contributed by atoms with E-state index in [4.69, 9.17) is 23.2 Å². The fourth-order valence-electron chi connectivity index (χ4n) is 1.93. The summed E-state index contributed by atoms with van der Waals surface area (Å²) in [6.45, 7) is 0.523. The second-order valence-corrected chi connectivity index (χ2v) is 6.04. The highest BCUT2D eigenvalue weighted by atomic mass is 79.9. The fourth-order valence-corrected chi connectivity index (χ4v) is 2.77. The van der Waals surface area contributed by atoms with Crippen LogP contribution in [0.2, 0.25) is 10.0 Å². The van der Waals surface area contributed by atoms with Crippen LogP contribution in [0.15, 0.2) is 47.1 Å². The molecule has 0 spiro atoms. The average Bonchev–Trinajstić information content (AvgIpc) is 2.52. The van der Waals surface area contributed by atoms with Gasteiger partial charge in [0.05, 0.1) is 45.2 Å². The molecule has 2 aromatic carbocycles. The highest BCUT2D eigenvalue weighted by Crippen LogP contribution is 2.35. The molecule has 21 heavy (non-hydrogen) atoms. The Morgan fingerprint density at radius 3 is 2.57 bits per heavy atom. The van der Waals surface area contributed by atoms with Gasteiger partial charge in [0.1, 0.15) is 0 Å². The molecule has 0 aliphatic carbocycles. The van der Waals surface area contributed by atoms with Gasteiger partial charge in [0.25, 0.3) is 0 Å². The molecule has 0 bridgehead atoms. The van der Waals surface area contributed by atoms with Gasteiger partial charge < -0.3 is 5.32 Å². The molecule has 0 fully saturated rings. The molecule has 0 amide bonds. The van der Waals surface area contributed by atoms with E-state index in [1.165, 1.54) is 0 Å².